The molecule has 2 unspecified atom stereocenters. The van der Waals surface area contributed by atoms with Gasteiger partial charge in [0.1, 0.15) is 5.75 Å². The third kappa shape index (κ3) is 7.57. The number of nitrogens with zero attached hydrogens (tertiary/aromatic N) is 2. The number of hydrogen-bond acceptors (Lipinski definition) is 4. The number of aliphatic imine (C=N–C) groups is 1. The van der Waals surface area contributed by atoms with Crippen LogP contribution in [0.5, 0.6) is 5.75 Å². The Bertz CT molecular complexity index is 807. The fourth-order valence-electron chi connectivity index (χ4n) is 3.96. The second-order valence-corrected chi connectivity index (χ2v) is 8.38. The second-order valence-electron chi connectivity index (χ2n) is 7.41. The zero-order chi connectivity index (χ0) is 21.3. The summed E-state index contributed by atoms with van der Waals surface area (Å²) in [5.74, 6) is 1.32. The number of rotatable bonds is 8. The lowest BCUT2D eigenvalue weighted by atomic mass is 9.88. The summed E-state index contributed by atoms with van der Waals surface area (Å²) in [4.78, 5) is 8.43. The van der Waals surface area contributed by atoms with Gasteiger partial charge in [0.25, 0.3) is 0 Å². The largest absolute Gasteiger partial charge is 0.434 e. The van der Waals surface area contributed by atoms with Gasteiger partial charge in [-0.25, -0.2) is 4.99 Å². The lowest BCUT2D eigenvalue weighted by molar-refractivity contribution is -0.0504. The van der Waals surface area contributed by atoms with E-state index in [0.29, 0.717) is 23.5 Å². The average Bonchev–Trinajstić information content (AvgIpc) is 3.25. The Morgan fingerprint density at radius 2 is 2.06 bits per heavy atom. The van der Waals surface area contributed by atoms with Gasteiger partial charge in [-0.05, 0) is 56.8 Å². The molecule has 2 N–H and O–H groups in total. The minimum absolute atomic E-state index is 0. The van der Waals surface area contributed by atoms with Crippen molar-refractivity contribution in [2.45, 2.75) is 39.0 Å². The lowest BCUT2D eigenvalue weighted by Crippen LogP contribution is -2.44. The topological polar surface area (TPSA) is 48.9 Å². The first-order chi connectivity index (χ1) is 14.6. The molecule has 0 aliphatic carbocycles. The summed E-state index contributed by atoms with van der Waals surface area (Å²) >= 11 is 1.80. The summed E-state index contributed by atoms with van der Waals surface area (Å²) in [7, 11) is 2.19. The summed E-state index contributed by atoms with van der Waals surface area (Å²) in [6.07, 6.45) is 2.33. The van der Waals surface area contributed by atoms with Crippen molar-refractivity contribution in [3.8, 4) is 5.75 Å². The molecule has 172 valence electrons. The van der Waals surface area contributed by atoms with Crippen molar-refractivity contribution in [2.24, 2.45) is 10.9 Å². The van der Waals surface area contributed by atoms with E-state index < -0.39 is 6.61 Å². The fourth-order valence-corrected chi connectivity index (χ4v) is 4.94. The van der Waals surface area contributed by atoms with Crippen molar-refractivity contribution in [3.63, 3.8) is 0 Å². The minimum atomic E-state index is -2.85. The number of hydrogen-bond donors (Lipinski definition) is 2. The van der Waals surface area contributed by atoms with Crippen LogP contribution in [-0.4, -0.2) is 44.2 Å². The molecule has 0 radical (unpaired) electrons. The number of piperidine rings is 1. The van der Waals surface area contributed by atoms with Gasteiger partial charge in [-0.1, -0.05) is 24.3 Å². The zero-order valence-electron chi connectivity index (χ0n) is 17.9. The number of likely N-dealkylation sites (tertiary alicyclic amines) is 1. The van der Waals surface area contributed by atoms with Gasteiger partial charge in [-0.15, -0.1) is 35.3 Å². The third-order valence-corrected chi connectivity index (χ3v) is 6.26. The molecule has 9 heteroatoms. The average molecular weight is 564 g/mol. The Labute approximate surface area is 204 Å². The molecular formula is C22H31F2IN4OS. The molecule has 3 rings (SSSR count). The SMILES string of the molecule is CCNC(=NCc1ccccc1OC(F)F)NCC1CCCN(C)C1c1cccs1.I. The minimum Gasteiger partial charge on any atom is -0.434 e. The number of halogens is 3. The van der Waals surface area contributed by atoms with Crippen LogP contribution >= 0.6 is 35.3 Å². The molecule has 1 aromatic heterocycles. The molecule has 1 aliphatic heterocycles. The number of thiophene rings is 1. The van der Waals surface area contributed by atoms with Crippen molar-refractivity contribution < 1.29 is 13.5 Å². The Morgan fingerprint density at radius 3 is 2.77 bits per heavy atom. The molecule has 31 heavy (non-hydrogen) atoms. The third-order valence-electron chi connectivity index (χ3n) is 5.31. The monoisotopic (exact) mass is 564 g/mol. The van der Waals surface area contributed by atoms with Crippen LogP contribution in [-0.2, 0) is 6.54 Å². The van der Waals surface area contributed by atoms with Crippen molar-refractivity contribution in [1.29, 1.82) is 0 Å². The van der Waals surface area contributed by atoms with Gasteiger partial charge in [0.15, 0.2) is 5.96 Å². The maximum Gasteiger partial charge on any atom is 0.387 e. The van der Waals surface area contributed by atoms with E-state index >= 15 is 0 Å². The standard InChI is InChI=1S/C22H30F2N4OS.HI/c1-3-25-22(26-14-16-8-4-5-10-18(16)29-21(23)24)27-15-17-9-6-12-28(2)20(17)19-11-7-13-30-19;/h4-5,7-8,10-11,13,17,20-21H,3,6,9,12,14-15H2,1-2H3,(H2,25,26,27);1H. The molecule has 0 bridgehead atoms. The molecule has 0 spiro atoms. The first kappa shape index (κ1) is 25.8. The number of ether oxygens (including phenoxy) is 1. The normalized spacial score (nSPS) is 19.7. The van der Waals surface area contributed by atoms with Crippen molar-refractivity contribution in [2.75, 3.05) is 26.7 Å². The highest BCUT2D eigenvalue weighted by molar-refractivity contribution is 14.0. The molecule has 1 saturated heterocycles. The first-order valence-electron chi connectivity index (χ1n) is 10.4. The molecule has 1 aromatic carbocycles. The maximum atomic E-state index is 12.6. The van der Waals surface area contributed by atoms with E-state index in [0.717, 1.165) is 26.1 Å². The number of nitrogens with one attached hydrogen (secondary N) is 2. The van der Waals surface area contributed by atoms with Crippen LogP contribution in [0.15, 0.2) is 46.8 Å². The van der Waals surface area contributed by atoms with Gasteiger partial charge in [0, 0.05) is 29.6 Å². The highest BCUT2D eigenvalue weighted by Gasteiger charge is 2.31. The van der Waals surface area contributed by atoms with Gasteiger partial charge in [-0.2, -0.15) is 8.78 Å². The van der Waals surface area contributed by atoms with E-state index in [9.17, 15) is 8.78 Å². The Balaban J connectivity index is 0.00000341. The number of guanidine groups is 1. The van der Waals surface area contributed by atoms with Gasteiger partial charge >= 0.3 is 6.61 Å². The van der Waals surface area contributed by atoms with Gasteiger partial charge in [-0.3, -0.25) is 4.90 Å². The lowest BCUT2D eigenvalue weighted by Gasteiger charge is -2.39. The van der Waals surface area contributed by atoms with Crippen LogP contribution < -0.4 is 15.4 Å². The predicted molar refractivity (Wildman–Crippen MR) is 134 cm³/mol. The summed E-state index contributed by atoms with van der Waals surface area (Å²) < 4.78 is 29.9. The van der Waals surface area contributed by atoms with Crippen molar-refractivity contribution in [1.82, 2.24) is 15.5 Å². The molecule has 2 aromatic rings. The van der Waals surface area contributed by atoms with Gasteiger partial charge < -0.3 is 15.4 Å². The smallest absolute Gasteiger partial charge is 0.387 e. The predicted octanol–water partition coefficient (Wildman–Crippen LogP) is 5.11. The van der Waals surface area contributed by atoms with Gasteiger partial charge in [0.2, 0.25) is 0 Å². The van der Waals surface area contributed by atoms with Crippen LogP contribution in [0, 0.1) is 5.92 Å². The second kappa shape index (κ2) is 13.2. The molecule has 0 saturated carbocycles. The van der Waals surface area contributed by atoms with Crippen LogP contribution in [0.3, 0.4) is 0 Å². The maximum absolute atomic E-state index is 12.6. The molecule has 5 nitrogen and oxygen atoms in total. The van der Waals surface area contributed by atoms with Crippen molar-refractivity contribution in [3.05, 3.63) is 52.2 Å². The summed E-state index contributed by atoms with van der Waals surface area (Å²) in [6, 6.07) is 11.5. The van der Waals surface area contributed by atoms with Crippen LogP contribution in [0.25, 0.3) is 0 Å². The van der Waals surface area contributed by atoms with Crippen LogP contribution in [0.1, 0.15) is 36.2 Å². The van der Waals surface area contributed by atoms with Crippen LogP contribution in [0.2, 0.25) is 0 Å². The quantitative estimate of drug-likeness (QED) is 0.266. The molecule has 0 amide bonds. The fraction of sp³-hybridized carbons (Fsp3) is 0.500. The highest BCUT2D eigenvalue weighted by atomic mass is 127. The Morgan fingerprint density at radius 1 is 1.26 bits per heavy atom. The molecule has 1 aliphatic rings. The van der Waals surface area contributed by atoms with Crippen LogP contribution in [0.4, 0.5) is 8.78 Å². The number of para-hydroxylation sites is 1. The molecule has 2 heterocycles. The van der Waals surface area contributed by atoms with E-state index in [1.54, 1.807) is 35.6 Å². The molecule has 2 atom stereocenters. The van der Waals surface area contributed by atoms with E-state index in [1.165, 1.54) is 11.3 Å². The van der Waals surface area contributed by atoms with Gasteiger partial charge in [0.05, 0.1) is 6.54 Å². The van der Waals surface area contributed by atoms with E-state index in [1.807, 2.05) is 6.92 Å². The highest BCUT2D eigenvalue weighted by Crippen LogP contribution is 2.36. The van der Waals surface area contributed by atoms with E-state index in [4.69, 9.17) is 0 Å². The Kier molecular flexibility index (Phi) is 11.0. The molecular weight excluding hydrogens is 533 g/mol. The first-order valence-corrected chi connectivity index (χ1v) is 11.2. The summed E-state index contributed by atoms with van der Waals surface area (Å²) in [6.45, 7) is 2.05. The van der Waals surface area contributed by atoms with E-state index in [2.05, 4.69) is 49.8 Å². The zero-order valence-corrected chi connectivity index (χ0v) is 21.0. The van der Waals surface area contributed by atoms with E-state index in [-0.39, 0.29) is 36.3 Å². The van der Waals surface area contributed by atoms with Crippen molar-refractivity contribution >= 4 is 41.3 Å². The number of benzene rings is 1. The number of alkyl halides is 2. The summed E-state index contributed by atoms with van der Waals surface area (Å²) in [5, 5.41) is 8.85. The summed E-state index contributed by atoms with van der Waals surface area (Å²) in [5.41, 5.74) is 0.629. The molecule has 1 fully saturated rings. The Hall–Kier alpha value is -1.46.